The first kappa shape index (κ1) is 18.3. The molecule has 1 saturated heterocycles. The first-order chi connectivity index (χ1) is 11.7. The van der Waals surface area contributed by atoms with E-state index in [0.29, 0.717) is 30.5 Å². The fourth-order valence-electron chi connectivity index (χ4n) is 3.02. The summed E-state index contributed by atoms with van der Waals surface area (Å²) in [5, 5.41) is 22.2. The Balaban J connectivity index is 2.27. The number of aromatic nitrogens is 2. The molecule has 0 amide bonds. The molecule has 1 aromatic carbocycles. The molecule has 0 aliphatic carbocycles. The zero-order valence-electron chi connectivity index (χ0n) is 13.6. The molecule has 1 fully saturated rings. The molecular formula is C15H16BrFN4O3S. The molecule has 2 aromatic rings. The van der Waals surface area contributed by atoms with Gasteiger partial charge in [0, 0.05) is 19.2 Å². The molecule has 1 aliphatic heterocycles. The molecule has 2 heterocycles. The van der Waals surface area contributed by atoms with Gasteiger partial charge in [0.1, 0.15) is 15.8 Å². The number of β-amino-alcohol motifs (C(OH)–C–C–N with tert-alkyl or cyclic N) is 1. The van der Waals surface area contributed by atoms with Gasteiger partial charge in [-0.25, -0.2) is 14.4 Å². The minimum atomic E-state index is -0.894. The van der Waals surface area contributed by atoms with E-state index in [2.05, 4.69) is 25.9 Å². The van der Waals surface area contributed by atoms with Gasteiger partial charge in [-0.15, -0.1) is 0 Å². The van der Waals surface area contributed by atoms with Crippen molar-refractivity contribution in [2.45, 2.75) is 30.5 Å². The van der Waals surface area contributed by atoms with Gasteiger partial charge in [-0.2, -0.15) is 0 Å². The van der Waals surface area contributed by atoms with Crippen molar-refractivity contribution < 1.29 is 14.4 Å². The Kier molecular flexibility index (Phi) is 4.86. The van der Waals surface area contributed by atoms with E-state index in [1.54, 1.807) is 13.2 Å². The van der Waals surface area contributed by atoms with Crippen LogP contribution in [-0.2, 0) is 0 Å². The highest BCUT2D eigenvalue weighted by atomic mass is 79.9. The number of nitrogens with zero attached hydrogens (tertiary/aromatic N) is 4. The molecule has 0 spiro atoms. The first-order valence-electron chi connectivity index (χ1n) is 7.59. The summed E-state index contributed by atoms with van der Waals surface area (Å²) < 4.78 is 14.5. The number of thioether (sulfide) groups is 1. The van der Waals surface area contributed by atoms with Gasteiger partial charge < -0.3 is 10.0 Å². The lowest BCUT2D eigenvalue weighted by Crippen LogP contribution is -2.46. The van der Waals surface area contributed by atoms with E-state index in [0.717, 1.165) is 6.42 Å². The smallest absolute Gasteiger partial charge is 0.287 e. The molecule has 25 heavy (non-hydrogen) atoms. The minimum Gasteiger partial charge on any atom is -0.388 e. The van der Waals surface area contributed by atoms with Gasteiger partial charge in [-0.05, 0) is 42.0 Å². The molecule has 1 N–H and O–H groups in total. The highest BCUT2D eigenvalue weighted by Crippen LogP contribution is 2.38. The molecule has 7 nitrogen and oxygen atoms in total. The van der Waals surface area contributed by atoms with Crippen LogP contribution in [0.3, 0.4) is 0 Å². The summed E-state index contributed by atoms with van der Waals surface area (Å²) in [5.41, 5.74) is -1.25. The van der Waals surface area contributed by atoms with Crippen LogP contribution in [0.4, 0.5) is 15.9 Å². The van der Waals surface area contributed by atoms with E-state index in [4.69, 9.17) is 0 Å². The van der Waals surface area contributed by atoms with Crippen LogP contribution < -0.4 is 4.90 Å². The van der Waals surface area contributed by atoms with Crippen molar-refractivity contribution in [2.24, 2.45) is 0 Å². The van der Waals surface area contributed by atoms with Gasteiger partial charge in [0.15, 0.2) is 11.0 Å². The number of fused-ring (bicyclic) bond motifs is 1. The molecule has 1 atom stereocenters. The average Bonchev–Trinajstić information content (AvgIpc) is 2.56. The van der Waals surface area contributed by atoms with Crippen molar-refractivity contribution in [1.82, 2.24) is 9.97 Å². The number of hydrogen-bond acceptors (Lipinski definition) is 7. The number of nitro groups is 1. The number of rotatable bonds is 3. The second-order valence-corrected chi connectivity index (χ2v) is 7.80. The van der Waals surface area contributed by atoms with Crippen LogP contribution in [0.5, 0.6) is 0 Å². The third-order valence-corrected chi connectivity index (χ3v) is 5.47. The van der Waals surface area contributed by atoms with Gasteiger partial charge in [0.05, 0.1) is 15.9 Å². The number of benzene rings is 1. The second-order valence-electron chi connectivity index (χ2n) is 6.23. The number of hydrogen-bond donors (Lipinski definition) is 1. The van der Waals surface area contributed by atoms with Gasteiger partial charge in [-0.3, -0.25) is 10.1 Å². The Morgan fingerprint density at radius 2 is 2.24 bits per heavy atom. The lowest BCUT2D eigenvalue weighted by Gasteiger charge is -2.38. The van der Waals surface area contributed by atoms with Crippen LogP contribution in [0.1, 0.15) is 19.8 Å². The number of aliphatic hydroxyl groups is 1. The van der Waals surface area contributed by atoms with Crippen molar-refractivity contribution in [3.63, 3.8) is 0 Å². The molecule has 1 aromatic heterocycles. The average molecular weight is 431 g/mol. The fraction of sp³-hybridized carbons (Fsp3) is 0.467. The van der Waals surface area contributed by atoms with Crippen molar-refractivity contribution in [3.05, 3.63) is 26.5 Å². The summed E-state index contributed by atoms with van der Waals surface area (Å²) in [5.74, 6) is -0.379. The number of halogens is 2. The van der Waals surface area contributed by atoms with Crippen LogP contribution in [0.25, 0.3) is 10.9 Å². The number of anilines is 1. The lowest BCUT2D eigenvalue weighted by molar-refractivity contribution is -0.385. The monoisotopic (exact) mass is 430 g/mol. The van der Waals surface area contributed by atoms with Gasteiger partial charge in [0.2, 0.25) is 0 Å². The Morgan fingerprint density at radius 3 is 2.84 bits per heavy atom. The predicted molar refractivity (Wildman–Crippen MR) is 97.7 cm³/mol. The fourth-order valence-corrected chi connectivity index (χ4v) is 3.83. The molecule has 10 heteroatoms. The maximum Gasteiger partial charge on any atom is 0.287 e. The van der Waals surface area contributed by atoms with Crippen LogP contribution in [0.15, 0.2) is 15.7 Å². The topological polar surface area (TPSA) is 92.4 Å². The Hall–Kier alpha value is -1.52. The largest absolute Gasteiger partial charge is 0.388 e. The van der Waals surface area contributed by atoms with E-state index >= 15 is 0 Å². The number of piperidine rings is 1. The zero-order chi connectivity index (χ0) is 18.4. The molecule has 0 saturated carbocycles. The molecule has 0 radical (unpaired) electrons. The van der Waals surface area contributed by atoms with E-state index < -0.39 is 16.3 Å². The lowest BCUT2D eigenvalue weighted by atomic mass is 9.95. The SMILES string of the molecule is CSc1nc(N2CCCC(C)(O)C2)c2cc([N+](=O)[O-])c(Br)c(F)c2n1. The van der Waals surface area contributed by atoms with Gasteiger partial charge in [0.25, 0.3) is 5.69 Å². The summed E-state index contributed by atoms with van der Waals surface area (Å²) in [4.78, 5) is 21.1. The summed E-state index contributed by atoms with van der Waals surface area (Å²) >= 11 is 4.21. The Morgan fingerprint density at radius 1 is 1.52 bits per heavy atom. The zero-order valence-corrected chi connectivity index (χ0v) is 16.0. The van der Waals surface area contributed by atoms with Crippen LogP contribution in [0, 0.1) is 15.9 Å². The highest BCUT2D eigenvalue weighted by molar-refractivity contribution is 9.10. The van der Waals surface area contributed by atoms with Crippen LogP contribution in [-0.4, -0.2) is 44.9 Å². The molecule has 134 valence electrons. The molecule has 1 aliphatic rings. The Labute approximate surface area is 155 Å². The summed E-state index contributed by atoms with van der Waals surface area (Å²) in [6, 6.07) is 1.28. The summed E-state index contributed by atoms with van der Waals surface area (Å²) in [7, 11) is 0. The molecular weight excluding hydrogens is 415 g/mol. The van der Waals surface area contributed by atoms with E-state index in [9.17, 15) is 19.6 Å². The van der Waals surface area contributed by atoms with Gasteiger partial charge in [-0.1, -0.05) is 11.8 Å². The summed E-state index contributed by atoms with van der Waals surface area (Å²) in [6.45, 7) is 2.68. The first-order valence-corrected chi connectivity index (χ1v) is 9.61. The third kappa shape index (κ3) is 3.42. The maximum absolute atomic E-state index is 14.7. The van der Waals surface area contributed by atoms with Crippen molar-refractivity contribution in [2.75, 3.05) is 24.2 Å². The quantitative estimate of drug-likeness (QED) is 0.344. The van der Waals surface area contributed by atoms with Crippen molar-refractivity contribution in [3.8, 4) is 0 Å². The normalized spacial score (nSPS) is 20.9. The second kappa shape index (κ2) is 6.65. The van der Waals surface area contributed by atoms with Gasteiger partial charge >= 0.3 is 0 Å². The standard InChI is InChI=1S/C15H16BrFN4O3S/c1-15(22)4-3-5-20(7-15)13-8-6-9(21(23)24)10(16)11(17)12(8)18-14(19-13)25-2/h6,22H,3-5,7H2,1-2H3. The highest BCUT2D eigenvalue weighted by Gasteiger charge is 2.32. The van der Waals surface area contributed by atoms with Crippen LogP contribution in [0.2, 0.25) is 0 Å². The maximum atomic E-state index is 14.7. The Bertz CT molecular complexity index is 865. The minimum absolute atomic E-state index is 0.0250. The summed E-state index contributed by atoms with van der Waals surface area (Å²) in [6.07, 6.45) is 3.17. The third-order valence-electron chi connectivity index (χ3n) is 4.17. The van der Waals surface area contributed by atoms with E-state index in [1.807, 2.05) is 4.90 Å². The predicted octanol–water partition coefficient (Wildman–Crippen LogP) is 3.51. The number of nitro benzene ring substituents is 1. The molecule has 0 bridgehead atoms. The van der Waals surface area contributed by atoms with Crippen LogP contribution >= 0.6 is 27.7 Å². The van der Waals surface area contributed by atoms with E-state index in [1.165, 1.54) is 17.8 Å². The molecule has 1 unspecified atom stereocenters. The van der Waals surface area contributed by atoms with Crippen molar-refractivity contribution in [1.29, 1.82) is 0 Å². The molecule has 3 rings (SSSR count). The van der Waals surface area contributed by atoms with Crippen molar-refractivity contribution >= 4 is 50.1 Å². The van der Waals surface area contributed by atoms with E-state index in [-0.39, 0.29) is 21.1 Å².